The molecule has 1 aliphatic heterocycles. The van der Waals surface area contributed by atoms with E-state index in [0.717, 1.165) is 37.5 Å². The molecule has 0 bridgehead atoms. The highest BCUT2D eigenvalue weighted by Crippen LogP contribution is 2.47. The third-order valence-electron chi connectivity index (χ3n) is 4.12. The van der Waals surface area contributed by atoms with Gasteiger partial charge in [-0.3, -0.25) is 4.90 Å². The van der Waals surface area contributed by atoms with Crippen molar-refractivity contribution in [1.29, 1.82) is 0 Å². The van der Waals surface area contributed by atoms with Gasteiger partial charge in [0.1, 0.15) is 11.6 Å². The van der Waals surface area contributed by atoms with Gasteiger partial charge in [-0.05, 0) is 37.0 Å². The van der Waals surface area contributed by atoms with E-state index >= 15 is 0 Å². The Bertz CT molecular complexity index is 442. The predicted molar refractivity (Wildman–Crippen MR) is 72.9 cm³/mol. The third kappa shape index (κ3) is 2.74. The molecular formula is C15H21FN2O. The Balaban J connectivity index is 1.92. The lowest BCUT2D eigenvalue weighted by molar-refractivity contribution is 0.153. The molecule has 3 nitrogen and oxygen atoms in total. The molecule has 1 N–H and O–H groups in total. The minimum absolute atomic E-state index is 0.170. The van der Waals surface area contributed by atoms with Gasteiger partial charge in [0, 0.05) is 37.8 Å². The van der Waals surface area contributed by atoms with E-state index in [1.807, 2.05) is 0 Å². The molecule has 1 heterocycles. The molecule has 1 aromatic rings. The van der Waals surface area contributed by atoms with Crippen LogP contribution in [0.5, 0.6) is 5.75 Å². The van der Waals surface area contributed by atoms with E-state index in [4.69, 9.17) is 4.74 Å². The van der Waals surface area contributed by atoms with Gasteiger partial charge in [0.25, 0.3) is 0 Å². The van der Waals surface area contributed by atoms with Crippen molar-refractivity contribution in [3.63, 3.8) is 0 Å². The zero-order chi connectivity index (χ0) is 13.2. The van der Waals surface area contributed by atoms with Crippen molar-refractivity contribution < 1.29 is 9.13 Å². The predicted octanol–water partition coefficient (Wildman–Crippen LogP) is 2.19. The van der Waals surface area contributed by atoms with Gasteiger partial charge in [0.2, 0.25) is 0 Å². The van der Waals surface area contributed by atoms with Gasteiger partial charge in [0.15, 0.2) is 0 Å². The van der Waals surface area contributed by atoms with Crippen molar-refractivity contribution in [3.05, 3.63) is 29.6 Å². The molecule has 0 aromatic heterocycles. The van der Waals surface area contributed by atoms with E-state index in [2.05, 4.69) is 10.2 Å². The van der Waals surface area contributed by atoms with Crippen LogP contribution in [0.1, 0.15) is 24.4 Å². The molecule has 4 heteroatoms. The van der Waals surface area contributed by atoms with Crippen molar-refractivity contribution in [1.82, 2.24) is 10.2 Å². The smallest absolute Gasteiger partial charge is 0.123 e. The first-order chi connectivity index (χ1) is 9.29. The van der Waals surface area contributed by atoms with Crippen molar-refractivity contribution >= 4 is 0 Å². The second-order valence-corrected chi connectivity index (χ2v) is 5.45. The molecule has 0 radical (unpaired) electrons. The Morgan fingerprint density at radius 2 is 2.05 bits per heavy atom. The second-order valence-electron chi connectivity index (χ2n) is 5.45. The minimum atomic E-state index is -0.170. The summed E-state index contributed by atoms with van der Waals surface area (Å²) in [7, 11) is 1.67. The van der Waals surface area contributed by atoms with Crippen LogP contribution in [-0.2, 0) is 0 Å². The molecule has 104 valence electrons. The zero-order valence-corrected chi connectivity index (χ0v) is 11.4. The van der Waals surface area contributed by atoms with E-state index in [1.165, 1.54) is 18.9 Å². The molecule has 0 spiro atoms. The van der Waals surface area contributed by atoms with Crippen LogP contribution in [0.4, 0.5) is 4.39 Å². The first-order valence-corrected chi connectivity index (χ1v) is 7.08. The molecule has 1 aliphatic carbocycles. The largest absolute Gasteiger partial charge is 0.496 e. The lowest BCUT2D eigenvalue weighted by Gasteiger charge is -2.36. The number of piperazine rings is 1. The van der Waals surface area contributed by atoms with Crippen LogP contribution in [0.2, 0.25) is 0 Å². The number of halogens is 1. The monoisotopic (exact) mass is 264 g/mol. The van der Waals surface area contributed by atoms with Crippen LogP contribution < -0.4 is 10.1 Å². The molecule has 1 saturated heterocycles. The summed E-state index contributed by atoms with van der Waals surface area (Å²) in [5.41, 5.74) is 1.02. The molecular weight excluding hydrogens is 243 g/mol. The van der Waals surface area contributed by atoms with E-state index in [1.54, 1.807) is 19.2 Å². The normalized spacial score (nSPS) is 22.2. The van der Waals surface area contributed by atoms with Crippen LogP contribution in [0.25, 0.3) is 0 Å². The van der Waals surface area contributed by atoms with E-state index in [9.17, 15) is 4.39 Å². The lowest BCUT2D eigenvalue weighted by Crippen LogP contribution is -2.45. The fraction of sp³-hybridized carbons (Fsp3) is 0.600. The van der Waals surface area contributed by atoms with Crippen LogP contribution in [-0.4, -0.2) is 38.2 Å². The molecule has 1 atom stereocenters. The van der Waals surface area contributed by atoms with Crippen molar-refractivity contribution in [2.75, 3.05) is 33.3 Å². The number of methoxy groups -OCH3 is 1. The van der Waals surface area contributed by atoms with Gasteiger partial charge in [-0.1, -0.05) is 0 Å². The average molecular weight is 264 g/mol. The van der Waals surface area contributed by atoms with E-state index < -0.39 is 0 Å². The lowest BCUT2D eigenvalue weighted by atomic mass is 9.98. The van der Waals surface area contributed by atoms with Crippen LogP contribution in [0, 0.1) is 11.7 Å². The summed E-state index contributed by atoms with van der Waals surface area (Å²) in [5, 5.41) is 3.37. The highest BCUT2D eigenvalue weighted by molar-refractivity contribution is 5.37. The fourth-order valence-electron chi connectivity index (χ4n) is 3.06. The summed E-state index contributed by atoms with van der Waals surface area (Å²) < 4.78 is 19.0. The topological polar surface area (TPSA) is 24.5 Å². The molecule has 1 aromatic carbocycles. The van der Waals surface area contributed by atoms with Crippen molar-refractivity contribution in [3.8, 4) is 5.75 Å². The summed E-state index contributed by atoms with van der Waals surface area (Å²) >= 11 is 0. The summed E-state index contributed by atoms with van der Waals surface area (Å²) in [6.45, 7) is 4.09. The standard InChI is InChI=1S/C15H21FN2O/c1-19-14-5-4-12(16)10-13(14)15(11-2-3-11)18-8-6-17-7-9-18/h4-5,10-11,15,17H,2-3,6-9H2,1H3. The highest BCUT2D eigenvalue weighted by atomic mass is 19.1. The number of benzene rings is 1. The van der Waals surface area contributed by atoms with Crippen LogP contribution in [0.3, 0.4) is 0 Å². The number of hydrogen-bond donors (Lipinski definition) is 1. The summed E-state index contributed by atoms with van der Waals surface area (Å²) in [6, 6.07) is 5.20. The zero-order valence-electron chi connectivity index (χ0n) is 11.4. The number of rotatable bonds is 4. The van der Waals surface area contributed by atoms with Crippen LogP contribution >= 0.6 is 0 Å². The number of nitrogens with zero attached hydrogens (tertiary/aromatic N) is 1. The maximum atomic E-state index is 13.6. The maximum Gasteiger partial charge on any atom is 0.123 e. The van der Waals surface area contributed by atoms with Gasteiger partial charge in [-0.25, -0.2) is 4.39 Å². The Morgan fingerprint density at radius 1 is 1.32 bits per heavy atom. The van der Waals surface area contributed by atoms with E-state index in [-0.39, 0.29) is 5.82 Å². The van der Waals surface area contributed by atoms with Crippen molar-refractivity contribution in [2.45, 2.75) is 18.9 Å². The summed E-state index contributed by atoms with van der Waals surface area (Å²) in [5.74, 6) is 1.31. The summed E-state index contributed by atoms with van der Waals surface area (Å²) in [4.78, 5) is 2.48. The molecule has 1 saturated carbocycles. The molecule has 1 unspecified atom stereocenters. The SMILES string of the molecule is COc1ccc(F)cc1C(C1CC1)N1CCNCC1. The number of hydrogen-bond acceptors (Lipinski definition) is 3. The average Bonchev–Trinajstić information content (AvgIpc) is 3.25. The second kappa shape index (κ2) is 5.47. The quantitative estimate of drug-likeness (QED) is 0.902. The Kier molecular flexibility index (Phi) is 3.71. The van der Waals surface area contributed by atoms with Gasteiger partial charge >= 0.3 is 0 Å². The Labute approximate surface area is 113 Å². The fourth-order valence-corrected chi connectivity index (χ4v) is 3.06. The third-order valence-corrected chi connectivity index (χ3v) is 4.12. The summed E-state index contributed by atoms with van der Waals surface area (Å²) in [6.07, 6.45) is 2.49. The Morgan fingerprint density at radius 3 is 2.68 bits per heavy atom. The molecule has 2 aliphatic rings. The molecule has 2 fully saturated rings. The molecule has 0 amide bonds. The number of ether oxygens (including phenoxy) is 1. The van der Waals surface area contributed by atoms with Gasteiger partial charge in [-0.15, -0.1) is 0 Å². The first kappa shape index (κ1) is 12.9. The number of nitrogens with one attached hydrogen (secondary N) is 1. The van der Waals surface area contributed by atoms with Gasteiger partial charge < -0.3 is 10.1 Å². The first-order valence-electron chi connectivity index (χ1n) is 7.08. The van der Waals surface area contributed by atoms with Gasteiger partial charge in [0.05, 0.1) is 7.11 Å². The Hall–Kier alpha value is -1.13. The molecule has 19 heavy (non-hydrogen) atoms. The van der Waals surface area contributed by atoms with Crippen LogP contribution in [0.15, 0.2) is 18.2 Å². The molecule has 3 rings (SSSR count). The highest BCUT2D eigenvalue weighted by Gasteiger charge is 2.38. The maximum absolute atomic E-state index is 13.6. The van der Waals surface area contributed by atoms with Crippen molar-refractivity contribution in [2.24, 2.45) is 5.92 Å². The minimum Gasteiger partial charge on any atom is -0.496 e. The van der Waals surface area contributed by atoms with E-state index in [0.29, 0.717) is 12.0 Å². The van der Waals surface area contributed by atoms with Gasteiger partial charge in [-0.2, -0.15) is 0 Å².